The highest BCUT2D eigenvalue weighted by Gasteiger charge is 2.07. The van der Waals surface area contributed by atoms with Crippen LogP contribution in [0.4, 0.5) is 10.1 Å². The number of anilines is 1. The number of hydrogen-bond acceptors (Lipinski definition) is 3. The minimum Gasteiger partial charge on any atom is -0.399 e. The van der Waals surface area contributed by atoms with Gasteiger partial charge >= 0.3 is 0 Å². The van der Waals surface area contributed by atoms with Crippen LogP contribution in [0.5, 0.6) is 0 Å². The van der Waals surface area contributed by atoms with Gasteiger partial charge in [0.2, 0.25) is 5.91 Å². The molecule has 1 aromatic carbocycles. The summed E-state index contributed by atoms with van der Waals surface area (Å²) in [5, 5.41) is 0. The van der Waals surface area contributed by atoms with E-state index in [-0.39, 0.29) is 12.4 Å². The van der Waals surface area contributed by atoms with Crippen molar-refractivity contribution in [2.45, 2.75) is 6.54 Å². The molecule has 1 aromatic rings. The van der Waals surface area contributed by atoms with Crippen LogP contribution >= 0.6 is 0 Å². The van der Waals surface area contributed by atoms with Gasteiger partial charge in [0.05, 0.1) is 6.54 Å². The minimum absolute atomic E-state index is 0.101. The lowest BCUT2D eigenvalue weighted by molar-refractivity contribution is -0.118. The normalized spacial score (nSPS) is 10.6. The molecule has 0 radical (unpaired) electrons. The van der Waals surface area contributed by atoms with Crippen molar-refractivity contribution in [2.24, 2.45) is 5.73 Å². The summed E-state index contributed by atoms with van der Waals surface area (Å²) in [6.07, 6.45) is 0. The molecule has 0 aromatic heterocycles. The third kappa shape index (κ3) is 3.55. The van der Waals surface area contributed by atoms with Crippen LogP contribution in [0.2, 0.25) is 0 Å². The van der Waals surface area contributed by atoms with Crippen molar-refractivity contribution >= 4 is 11.6 Å². The van der Waals surface area contributed by atoms with E-state index in [1.54, 1.807) is 24.1 Å². The molecule has 5 heteroatoms. The number of nitrogens with zero attached hydrogens (tertiary/aromatic N) is 1. The predicted molar refractivity (Wildman–Crippen MR) is 56.3 cm³/mol. The Hall–Kier alpha value is -1.62. The molecule has 0 aliphatic heterocycles. The number of halogens is 1. The van der Waals surface area contributed by atoms with Gasteiger partial charge in [-0.3, -0.25) is 9.69 Å². The van der Waals surface area contributed by atoms with Gasteiger partial charge in [-0.25, -0.2) is 4.39 Å². The molecule has 1 rings (SSSR count). The van der Waals surface area contributed by atoms with Gasteiger partial charge in [0.1, 0.15) is 5.82 Å². The van der Waals surface area contributed by atoms with E-state index in [9.17, 15) is 9.18 Å². The lowest BCUT2D eigenvalue weighted by Crippen LogP contribution is -2.30. The molecule has 15 heavy (non-hydrogen) atoms. The molecule has 4 nitrogen and oxygen atoms in total. The van der Waals surface area contributed by atoms with Gasteiger partial charge < -0.3 is 11.5 Å². The largest absolute Gasteiger partial charge is 0.399 e. The first-order valence-corrected chi connectivity index (χ1v) is 4.50. The molecule has 0 bridgehead atoms. The first-order valence-electron chi connectivity index (χ1n) is 4.50. The molecule has 0 heterocycles. The molecule has 82 valence electrons. The number of benzene rings is 1. The maximum absolute atomic E-state index is 13.3. The molecule has 0 fully saturated rings. The quantitative estimate of drug-likeness (QED) is 0.705. The second-order valence-corrected chi connectivity index (χ2v) is 3.49. The van der Waals surface area contributed by atoms with Crippen LogP contribution in [0.3, 0.4) is 0 Å². The van der Waals surface area contributed by atoms with Crippen molar-refractivity contribution in [3.8, 4) is 0 Å². The summed E-state index contributed by atoms with van der Waals surface area (Å²) >= 11 is 0. The molecular weight excluding hydrogens is 197 g/mol. The minimum atomic E-state index is -0.437. The monoisotopic (exact) mass is 211 g/mol. The maximum Gasteiger partial charge on any atom is 0.231 e. The third-order valence-electron chi connectivity index (χ3n) is 1.94. The third-order valence-corrected chi connectivity index (χ3v) is 1.94. The van der Waals surface area contributed by atoms with E-state index in [2.05, 4.69) is 0 Å². The molecule has 1 amide bonds. The molecule has 0 aliphatic rings. The second-order valence-electron chi connectivity index (χ2n) is 3.49. The summed E-state index contributed by atoms with van der Waals surface area (Å²) in [5.74, 6) is -0.806. The van der Waals surface area contributed by atoms with Crippen molar-refractivity contribution in [3.63, 3.8) is 0 Å². The Balaban J connectivity index is 2.68. The van der Waals surface area contributed by atoms with E-state index in [1.807, 2.05) is 0 Å². The summed E-state index contributed by atoms with van der Waals surface area (Å²) in [6.45, 7) is 0.429. The summed E-state index contributed by atoms with van der Waals surface area (Å²) in [6, 6.07) is 4.48. The zero-order chi connectivity index (χ0) is 11.4. The Kier molecular flexibility index (Phi) is 3.62. The van der Waals surface area contributed by atoms with Crippen LogP contribution in [-0.2, 0) is 11.3 Å². The van der Waals surface area contributed by atoms with Crippen molar-refractivity contribution in [1.29, 1.82) is 0 Å². The first kappa shape index (κ1) is 11.5. The summed E-state index contributed by atoms with van der Waals surface area (Å²) in [7, 11) is 1.69. The fourth-order valence-electron chi connectivity index (χ4n) is 1.30. The SMILES string of the molecule is CN(CC(N)=O)Cc1ccc(N)cc1F. The van der Waals surface area contributed by atoms with Gasteiger partial charge in [-0.05, 0) is 19.2 Å². The van der Waals surface area contributed by atoms with Gasteiger partial charge in [0.25, 0.3) is 0 Å². The van der Waals surface area contributed by atoms with Crippen LogP contribution in [0.15, 0.2) is 18.2 Å². The molecule has 0 saturated heterocycles. The van der Waals surface area contributed by atoms with E-state index >= 15 is 0 Å². The van der Waals surface area contributed by atoms with Crippen molar-refractivity contribution in [3.05, 3.63) is 29.6 Å². The fraction of sp³-hybridized carbons (Fsp3) is 0.300. The van der Waals surface area contributed by atoms with Gasteiger partial charge in [-0.15, -0.1) is 0 Å². The number of carbonyl (C=O) groups excluding carboxylic acids is 1. The van der Waals surface area contributed by atoms with Gasteiger partial charge in [-0.1, -0.05) is 6.07 Å². The van der Waals surface area contributed by atoms with E-state index < -0.39 is 5.91 Å². The molecule has 0 atom stereocenters. The van der Waals surface area contributed by atoms with Gasteiger partial charge in [0.15, 0.2) is 0 Å². The van der Waals surface area contributed by atoms with Crippen LogP contribution in [0, 0.1) is 5.82 Å². The van der Waals surface area contributed by atoms with E-state index in [1.165, 1.54) is 6.07 Å². The number of amides is 1. The summed E-state index contributed by atoms with van der Waals surface area (Å²) in [4.78, 5) is 12.2. The molecule has 0 saturated carbocycles. The number of primary amides is 1. The fourth-order valence-corrected chi connectivity index (χ4v) is 1.30. The smallest absolute Gasteiger partial charge is 0.231 e. The van der Waals surface area contributed by atoms with Crippen molar-refractivity contribution in [1.82, 2.24) is 4.90 Å². The summed E-state index contributed by atoms with van der Waals surface area (Å²) < 4.78 is 13.3. The highest BCUT2D eigenvalue weighted by Crippen LogP contribution is 2.13. The number of nitrogens with two attached hydrogens (primary N) is 2. The number of hydrogen-bond donors (Lipinski definition) is 2. The topological polar surface area (TPSA) is 72.3 Å². The van der Waals surface area contributed by atoms with Gasteiger partial charge in [0, 0.05) is 17.8 Å². The average Bonchev–Trinajstić information content (AvgIpc) is 2.08. The Labute approximate surface area is 87.7 Å². The van der Waals surface area contributed by atoms with Crippen molar-refractivity contribution in [2.75, 3.05) is 19.3 Å². The molecule has 0 aliphatic carbocycles. The Bertz CT molecular complexity index is 368. The standard InChI is InChI=1S/C10H14FN3O/c1-14(6-10(13)15)5-7-2-3-8(12)4-9(7)11/h2-4H,5-6,12H2,1H3,(H2,13,15). The molecule has 4 N–H and O–H groups in total. The van der Waals surface area contributed by atoms with Crippen LogP contribution in [0.25, 0.3) is 0 Å². The lowest BCUT2D eigenvalue weighted by atomic mass is 10.2. The van der Waals surface area contributed by atoms with Crippen LogP contribution in [0.1, 0.15) is 5.56 Å². The predicted octanol–water partition coefficient (Wildman–Crippen LogP) is 0.325. The maximum atomic E-state index is 13.3. The number of nitrogen functional groups attached to an aromatic ring is 1. The van der Waals surface area contributed by atoms with Crippen LogP contribution < -0.4 is 11.5 Å². The Morgan fingerprint density at radius 3 is 2.73 bits per heavy atom. The zero-order valence-electron chi connectivity index (χ0n) is 8.53. The molecule has 0 unspecified atom stereocenters. The number of rotatable bonds is 4. The van der Waals surface area contributed by atoms with E-state index in [4.69, 9.17) is 11.5 Å². The number of likely N-dealkylation sites (N-methyl/N-ethyl adjacent to an activating group) is 1. The Morgan fingerprint density at radius 2 is 2.20 bits per heavy atom. The molecular formula is C10H14FN3O. The summed E-state index contributed by atoms with van der Waals surface area (Å²) in [5.41, 5.74) is 11.3. The highest BCUT2D eigenvalue weighted by molar-refractivity contribution is 5.75. The van der Waals surface area contributed by atoms with Gasteiger partial charge in [-0.2, -0.15) is 0 Å². The average molecular weight is 211 g/mol. The second kappa shape index (κ2) is 4.75. The molecule has 0 spiro atoms. The first-order chi connectivity index (χ1) is 6.99. The van der Waals surface area contributed by atoms with Crippen LogP contribution in [-0.4, -0.2) is 24.4 Å². The zero-order valence-corrected chi connectivity index (χ0v) is 8.53. The van der Waals surface area contributed by atoms with E-state index in [0.29, 0.717) is 17.8 Å². The lowest BCUT2D eigenvalue weighted by Gasteiger charge is -2.14. The number of carbonyl (C=O) groups is 1. The van der Waals surface area contributed by atoms with Crippen molar-refractivity contribution < 1.29 is 9.18 Å². The van der Waals surface area contributed by atoms with E-state index in [0.717, 1.165) is 0 Å². The Morgan fingerprint density at radius 1 is 1.53 bits per heavy atom. The highest BCUT2D eigenvalue weighted by atomic mass is 19.1.